The molecule has 2 aromatic carbocycles. The molecule has 23 heavy (non-hydrogen) atoms. The summed E-state index contributed by atoms with van der Waals surface area (Å²) in [6, 6.07) is 12.2. The van der Waals surface area contributed by atoms with Crippen LogP contribution in [0.4, 0.5) is 0 Å². The molecule has 1 aliphatic heterocycles. The lowest BCUT2D eigenvalue weighted by Gasteiger charge is -2.17. The van der Waals surface area contributed by atoms with Crippen molar-refractivity contribution in [1.29, 1.82) is 0 Å². The lowest BCUT2D eigenvalue weighted by molar-refractivity contribution is -0.133. The van der Waals surface area contributed by atoms with E-state index in [0.717, 1.165) is 15.6 Å². The molecule has 1 heterocycles. The van der Waals surface area contributed by atoms with Crippen LogP contribution in [0.15, 0.2) is 46.9 Å². The third kappa shape index (κ3) is 3.92. The Balaban J connectivity index is 1.74. The predicted molar refractivity (Wildman–Crippen MR) is 88.0 cm³/mol. The second kappa shape index (κ2) is 6.33. The van der Waals surface area contributed by atoms with Gasteiger partial charge in [0.05, 0.1) is 12.2 Å². The molecule has 0 saturated carbocycles. The Labute approximate surface area is 142 Å². The summed E-state index contributed by atoms with van der Waals surface area (Å²) in [6.45, 7) is 0. The number of halogens is 1. The minimum atomic E-state index is -3.54. The molecule has 5 nitrogen and oxygen atoms in total. The molecule has 3 rings (SSSR count). The van der Waals surface area contributed by atoms with Crippen molar-refractivity contribution < 1.29 is 22.1 Å². The van der Waals surface area contributed by atoms with Crippen molar-refractivity contribution in [2.45, 2.75) is 12.8 Å². The highest BCUT2D eigenvalue weighted by molar-refractivity contribution is 9.10. The summed E-state index contributed by atoms with van der Waals surface area (Å²) in [7, 11) is -3.54. The topological polar surface area (TPSA) is 69.7 Å². The quantitative estimate of drug-likeness (QED) is 0.453. The highest BCUT2D eigenvalue weighted by Gasteiger charge is 2.23. The molecule has 0 aliphatic carbocycles. The Bertz CT molecular complexity index is 861. The van der Waals surface area contributed by atoms with Crippen molar-refractivity contribution in [3.8, 4) is 11.5 Å². The smallest absolute Gasteiger partial charge is 0.315 e. The zero-order chi connectivity index (χ0) is 16.4. The Morgan fingerprint density at radius 1 is 1.22 bits per heavy atom. The monoisotopic (exact) mass is 396 g/mol. The maximum absolute atomic E-state index is 12.0. The molecule has 0 spiro atoms. The second-order valence-corrected chi connectivity index (χ2v) is 7.65. The Morgan fingerprint density at radius 3 is 2.78 bits per heavy atom. The maximum Gasteiger partial charge on any atom is 0.315 e. The van der Waals surface area contributed by atoms with E-state index in [2.05, 4.69) is 15.9 Å². The van der Waals surface area contributed by atoms with E-state index in [0.29, 0.717) is 6.42 Å². The first kappa shape index (κ1) is 16.0. The summed E-state index contributed by atoms with van der Waals surface area (Å²) in [5.41, 5.74) is 1.60. The summed E-state index contributed by atoms with van der Waals surface area (Å²) in [5.74, 6) is 0.0112. The fourth-order valence-corrected chi connectivity index (χ4v) is 3.67. The van der Waals surface area contributed by atoms with Crippen molar-refractivity contribution in [2.24, 2.45) is 0 Å². The zero-order valence-electron chi connectivity index (χ0n) is 12.0. The van der Waals surface area contributed by atoms with E-state index < -0.39 is 16.1 Å². The van der Waals surface area contributed by atoms with Crippen molar-refractivity contribution in [3.63, 3.8) is 0 Å². The first-order valence-corrected chi connectivity index (χ1v) is 9.29. The van der Waals surface area contributed by atoms with Crippen molar-refractivity contribution in [1.82, 2.24) is 0 Å². The van der Waals surface area contributed by atoms with Gasteiger partial charge in [-0.1, -0.05) is 40.2 Å². The molecule has 0 fully saturated rings. The number of hydrogen-bond donors (Lipinski definition) is 0. The number of carbonyl (C=O) groups is 1. The van der Waals surface area contributed by atoms with Crippen LogP contribution in [0.1, 0.15) is 11.1 Å². The van der Waals surface area contributed by atoms with Gasteiger partial charge in [-0.15, -0.1) is 0 Å². The van der Waals surface area contributed by atoms with Crippen LogP contribution >= 0.6 is 15.9 Å². The Kier molecular flexibility index (Phi) is 4.41. The first-order chi connectivity index (χ1) is 10.9. The van der Waals surface area contributed by atoms with Gasteiger partial charge in [0.25, 0.3) is 0 Å². The van der Waals surface area contributed by atoms with Crippen LogP contribution < -0.4 is 8.92 Å². The summed E-state index contributed by atoms with van der Waals surface area (Å²) < 4.78 is 34.0. The van der Waals surface area contributed by atoms with Crippen molar-refractivity contribution in [3.05, 3.63) is 58.1 Å². The Morgan fingerprint density at radius 2 is 2.00 bits per heavy atom. The molecule has 120 valence electrons. The number of aryl methyl sites for hydroxylation is 1. The van der Waals surface area contributed by atoms with Crippen LogP contribution in [-0.4, -0.2) is 20.1 Å². The largest absolute Gasteiger partial charge is 0.426 e. The SMILES string of the molecule is O=C(Cc1ccccc1Br)Oc1ccc2c(c1)OS(=O)(=O)CC2. The van der Waals surface area contributed by atoms with E-state index in [1.165, 1.54) is 6.07 Å². The minimum Gasteiger partial charge on any atom is -0.426 e. The van der Waals surface area contributed by atoms with Crippen LogP contribution in [0.2, 0.25) is 0 Å². The predicted octanol–water partition coefficient (Wildman–Crippen LogP) is 2.86. The van der Waals surface area contributed by atoms with E-state index >= 15 is 0 Å². The molecule has 0 radical (unpaired) electrons. The molecule has 0 unspecified atom stereocenters. The number of carbonyl (C=O) groups excluding carboxylic acids is 1. The van der Waals surface area contributed by atoms with E-state index in [1.807, 2.05) is 24.3 Å². The van der Waals surface area contributed by atoms with Crippen LogP contribution in [-0.2, 0) is 27.8 Å². The highest BCUT2D eigenvalue weighted by atomic mass is 79.9. The van der Waals surface area contributed by atoms with Gasteiger partial charge in [-0.3, -0.25) is 4.79 Å². The van der Waals surface area contributed by atoms with Crippen LogP contribution in [0.25, 0.3) is 0 Å². The van der Waals surface area contributed by atoms with Crippen LogP contribution in [0, 0.1) is 0 Å². The van der Waals surface area contributed by atoms with Gasteiger partial charge < -0.3 is 8.92 Å². The average molecular weight is 397 g/mol. The zero-order valence-corrected chi connectivity index (χ0v) is 14.4. The van der Waals surface area contributed by atoms with Gasteiger partial charge in [-0.2, -0.15) is 8.42 Å². The molecule has 0 atom stereocenters. The molecular weight excluding hydrogens is 384 g/mol. The van der Waals surface area contributed by atoms with E-state index in [-0.39, 0.29) is 23.7 Å². The number of fused-ring (bicyclic) bond motifs is 1. The molecule has 0 amide bonds. The van der Waals surface area contributed by atoms with Gasteiger partial charge in [-0.25, -0.2) is 0 Å². The standard InChI is InChI=1S/C16H13BrO5S/c17-14-4-2-1-3-12(14)9-16(18)21-13-6-5-11-7-8-23(19,20)22-15(11)10-13/h1-6,10H,7-9H2. The summed E-state index contributed by atoms with van der Waals surface area (Å²) >= 11 is 3.38. The van der Waals surface area contributed by atoms with E-state index in [9.17, 15) is 13.2 Å². The Hall–Kier alpha value is -1.86. The van der Waals surface area contributed by atoms with Gasteiger partial charge in [0.2, 0.25) is 0 Å². The fraction of sp³-hybridized carbons (Fsp3) is 0.188. The lowest BCUT2D eigenvalue weighted by atomic mass is 10.1. The number of ether oxygens (including phenoxy) is 1. The number of esters is 1. The van der Waals surface area contributed by atoms with E-state index in [4.69, 9.17) is 8.92 Å². The number of rotatable bonds is 3. The number of hydrogen-bond acceptors (Lipinski definition) is 5. The van der Waals surface area contributed by atoms with Crippen LogP contribution in [0.3, 0.4) is 0 Å². The molecule has 7 heteroatoms. The first-order valence-electron chi connectivity index (χ1n) is 6.92. The third-order valence-electron chi connectivity index (χ3n) is 3.40. The fourth-order valence-electron chi connectivity index (χ4n) is 2.26. The van der Waals surface area contributed by atoms with Gasteiger partial charge in [0.1, 0.15) is 11.5 Å². The molecule has 0 N–H and O–H groups in total. The normalized spacial score (nSPS) is 15.3. The molecule has 1 aliphatic rings. The van der Waals surface area contributed by atoms with E-state index in [1.54, 1.807) is 12.1 Å². The van der Waals surface area contributed by atoms with Crippen molar-refractivity contribution in [2.75, 3.05) is 5.75 Å². The summed E-state index contributed by atoms with van der Waals surface area (Å²) in [5, 5.41) is 0. The third-order valence-corrected chi connectivity index (χ3v) is 5.31. The van der Waals surface area contributed by atoms with Gasteiger partial charge in [0, 0.05) is 10.5 Å². The van der Waals surface area contributed by atoms with Crippen molar-refractivity contribution >= 4 is 32.0 Å². The van der Waals surface area contributed by atoms with Gasteiger partial charge >= 0.3 is 16.1 Å². The molecule has 0 saturated heterocycles. The van der Waals surface area contributed by atoms with Crippen LogP contribution in [0.5, 0.6) is 11.5 Å². The van der Waals surface area contributed by atoms with Gasteiger partial charge in [-0.05, 0) is 29.7 Å². The minimum absolute atomic E-state index is 0.0405. The second-order valence-electron chi connectivity index (χ2n) is 5.11. The average Bonchev–Trinajstić information content (AvgIpc) is 2.48. The lowest BCUT2D eigenvalue weighted by Crippen LogP contribution is -2.21. The number of benzene rings is 2. The highest BCUT2D eigenvalue weighted by Crippen LogP contribution is 2.30. The maximum atomic E-state index is 12.0. The summed E-state index contributed by atoms with van der Waals surface area (Å²) in [6.07, 6.45) is 0.501. The molecule has 0 aromatic heterocycles. The summed E-state index contributed by atoms with van der Waals surface area (Å²) in [4.78, 5) is 12.0. The van der Waals surface area contributed by atoms with Gasteiger partial charge in [0.15, 0.2) is 0 Å². The molecule has 2 aromatic rings. The molecule has 0 bridgehead atoms. The molecular formula is C16H13BrO5S.